The summed E-state index contributed by atoms with van der Waals surface area (Å²) in [6.45, 7) is 0.477. The third kappa shape index (κ3) is 4.39. The minimum Gasteiger partial charge on any atom is -0.337 e. The third-order valence-electron chi connectivity index (χ3n) is 3.34. The molecule has 0 aliphatic carbocycles. The van der Waals surface area contributed by atoms with E-state index in [1.54, 1.807) is 11.3 Å². The number of rotatable bonds is 5. The average Bonchev–Trinajstić information content (AvgIpc) is 3.07. The topological polar surface area (TPSA) is 54.0 Å². The van der Waals surface area contributed by atoms with E-state index in [0.29, 0.717) is 18.7 Å². The fourth-order valence-electron chi connectivity index (χ4n) is 2.15. The van der Waals surface area contributed by atoms with Crippen molar-refractivity contribution >= 4 is 23.1 Å². The Morgan fingerprint density at radius 1 is 1.08 bits per heavy atom. The van der Waals surface area contributed by atoms with Crippen LogP contribution < -0.4 is 10.6 Å². The maximum Gasteiger partial charge on any atom is 0.319 e. The van der Waals surface area contributed by atoms with Crippen LogP contribution in [0.2, 0.25) is 0 Å². The van der Waals surface area contributed by atoms with Crippen LogP contribution in [0.15, 0.2) is 60.0 Å². The molecule has 0 radical (unpaired) electrons. The van der Waals surface area contributed by atoms with Crippen LogP contribution in [0.1, 0.15) is 5.69 Å². The number of urea groups is 1. The number of hydrogen-bond donors (Lipinski definition) is 2. The van der Waals surface area contributed by atoms with Crippen LogP contribution in [0.3, 0.4) is 0 Å². The fourth-order valence-corrected chi connectivity index (χ4v) is 3.01. The van der Waals surface area contributed by atoms with Crippen LogP contribution in [-0.2, 0) is 6.42 Å². The lowest BCUT2D eigenvalue weighted by atomic mass is 10.2. The second-order valence-corrected chi connectivity index (χ2v) is 6.01. The van der Waals surface area contributed by atoms with Gasteiger partial charge in [0.1, 0.15) is 10.8 Å². The van der Waals surface area contributed by atoms with Crippen LogP contribution in [0.5, 0.6) is 0 Å². The highest BCUT2D eigenvalue weighted by Crippen LogP contribution is 2.23. The average molecular weight is 341 g/mol. The van der Waals surface area contributed by atoms with Crippen LogP contribution >= 0.6 is 11.3 Å². The summed E-state index contributed by atoms with van der Waals surface area (Å²) in [5.74, 6) is -0.335. The molecule has 0 aliphatic heterocycles. The van der Waals surface area contributed by atoms with Crippen molar-refractivity contribution in [2.75, 3.05) is 11.9 Å². The van der Waals surface area contributed by atoms with Crippen molar-refractivity contribution in [3.63, 3.8) is 0 Å². The van der Waals surface area contributed by atoms with Gasteiger partial charge in [0.05, 0.1) is 5.69 Å². The van der Waals surface area contributed by atoms with Gasteiger partial charge in [0.2, 0.25) is 0 Å². The van der Waals surface area contributed by atoms with Crippen LogP contribution in [0.4, 0.5) is 14.9 Å². The van der Waals surface area contributed by atoms with Gasteiger partial charge in [-0.2, -0.15) is 0 Å². The van der Waals surface area contributed by atoms with Gasteiger partial charge in [-0.15, -0.1) is 11.3 Å². The van der Waals surface area contributed by atoms with E-state index >= 15 is 0 Å². The molecule has 0 atom stereocenters. The van der Waals surface area contributed by atoms with Crippen molar-refractivity contribution in [1.29, 1.82) is 0 Å². The molecule has 3 aromatic rings. The number of nitrogens with zero attached hydrogens (tertiary/aromatic N) is 1. The summed E-state index contributed by atoms with van der Waals surface area (Å²) in [5, 5.41) is 8.39. The predicted octanol–water partition coefficient (Wildman–Crippen LogP) is 4.31. The highest BCUT2D eigenvalue weighted by molar-refractivity contribution is 7.13. The van der Waals surface area contributed by atoms with E-state index in [9.17, 15) is 9.18 Å². The Kier molecular flexibility index (Phi) is 5.18. The van der Waals surface area contributed by atoms with Crippen LogP contribution in [0.25, 0.3) is 10.6 Å². The van der Waals surface area contributed by atoms with Gasteiger partial charge in [0.25, 0.3) is 0 Å². The molecule has 1 heterocycles. The number of carbonyl (C=O) groups is 1. The van der Waals surface area contributed by atoms with Crippen molar-refractivity contribution in [2.45, 2.75) is 6.42 Å². The molecule has 0 saturated carbocycles. The first-order valence-corrected chi connectivity index (χ1v) is 8.39. The van der Waals surface area contributed by atoms with E-state index < -0.39 is 0 Å². The molecule has 6 heteroatoms. The molecule has 122 valence electrons. The van der Waals surface area contributed by atoms with Crippen LogP contribution in [0, 0.1) is 5.82 Å². The van der Waals surface area contributed by atoms with E-state index in [-0.39, 0.29) is 11.8 Å². The van der Waals surface area contributed by atoms with Gasteiger partial charge in [-0.3, -0.25) is 0 Å². The lowest BCUT2D eigenvalue weighted by Gasteiger charge is -2.06. The van der Waals surface area contributed by atoms with Gasteiger partial charge < -0.3 is 10.6 Å². The molecular weight excluding hydrogens is 325 g/mol. The smallest absolute Gasteiger partial charge is 0.319 e. The van der Waals surface area contributed by atoms with Gasteiger partial charge in [0.15, 0.2) is 0 Å². The van der Waals surface area contributed by atoms with Gasteiger partial charge in [-0.05, 0) is 24.3 Å². The number of anilines is 1. The zero-order valence-electron chi connectivity index (χ0n) is 12.8. The summed E-state index contributed by atoms with van der Waals surface area (Å²) in [7, 11) is 0. The van der Waals surface area contributed by atoms with Crippen molar-refractivity contribution in [2.24, 2.45) is 0 Å². The van der Waals surface area contributed by atoms with E-state index in [0.717, 1.165) is 16.3 Å². The number of thiazole rings is 1. The Balaban J connectivity index is 1.47. The summed E-state index contributed by atoms with van der Waals surface area (Å²) in [5.41, 5.74) is 2.59. The normalized spacial score (nSPS) is 10.4. The van der Waals surface area contributed by atoms with E-state index in [2.05, 4.69) is 15.6 Å². The van der Waals surface area contributed by atoms with Crippen molar-refractivity contribution in [3.8, 4) is 10.6 Å². The molecule has 2 aromatic carbocycles. The Labute approximate surface area is 143 Å². The molecule has 2 amide bonds. The minimum atomic E-state index is -0.335. The highest BCUT2D eigenvalue weighted by Gasteiger charge is 2.06. The first-order valence-electron chi connectivity index (χ1n) is 7.51. The monoisotopic (exact) mass is 341 g/mol. The van der Waals surface area contributed by atoms with Gasteiger partial charge in [0, 0.05) is 29.6 Å². The largest absolute Gasteiger partial charge is 0.337 e. The zero-order valence-corrected chi connectivity index (χ0v) is 13.6. The Morgan fingerprint density at radius 3 is 2.58 bits per heavy atom. The first kappa shape index (κ1) is 16.1. The predicted molar refractivity (Wildman–Crippen MR) is 94.7 cm³/mol. The maximum atomic E-state index is 12.8. The summed E-state index contributed by atoms with van der Waals surface area (Å²) in [6, 6.07) is 15.3. The Bertz CT molecular complexity index is 803. The fraction of sp³-hybridized carbons (Fsp3) is 0.111. The molecule has 0 fully saturated rings. The van der Waals surface area contributed by atoms with Crippen molar-refractivity contribution in [1.82, 2.24) is 10.3 Å². The molecule has 0 bridgehead atoms. The molecule has 3 rings (SSSR count). The van der Waals surface area contributed by atoms with Gasteiger partial charge in [-0.1, -0.05) is 30.3 Å². The minimum absolute atomic E-state index is 0.319. The quantitative estimate of drug-likeness (QED) is 0.726. The maximum absolute atomic E-state index is 12.8. The number of nitrogens with one attached hydrogen (secondary N) is 2. The SMILES string of the molecule is O=C(NCCc1csc(-c2ccccc2)n1)Nc1ccc(F)cc1. The molecule has 0 unspecified atom stereocenters. The molecule has 1 aromatic heterocycles. The first-order chi connectivity index (χ1) is 11.7. The number of hydrogen-bond acceptors (Lipinski definition) is 3. The van der Waals surface area contributed by atoms with Gasteiger partial charge in [-0.25, -0.2) is 14.2 Å². The number of amides is 2. The lowest BCUT2D eigenvalue weighted by Crippen LogP contribution is -2.30. The molecule has 24 heavy (non-hydrogen) atoms. The molecule has 2 N–H and O–H groups in total. The number of aromatic nitrogens is 1. The zero-order chi connectivity index (χ0) is 16.8. The summed E-state index contributed by atoms with van der Waals surface area (Å²) >= 11 is 1.59. The van der Waals surface area contributed by atoms with Crippen molar-refractivity contribution < 1.29 is 9.18 Å². The molecular formula is C18H16FN3OS. The lowest BCUT2D eigenvalue weighted by molar-refractivity contribution is 0.252. The Hall–Kier alpha value is -2.73. The summed E-state index contributed by atoms with van der Waals surface area (Å²) in [6.07, 6.45) is 0.653. The van der Waals surface area contributed by atoms with Crippen molar-refractivity contribution in [3.05, 3.63) is 71.5 Å². The van der Waals surface area contributed by atoms with E-state index in [1.165, 1.54) is 24.3 Å². The van der Waals surface area contributed by atoms with Crippen LogP contribution in [-0.4, -0.2) is 17.6 Å². The van der Waals surface area contributed by atoms with E-state index in [4.69, 9.17) is 0 Å². The highest BCUT2D eigenvalue weighted by atomic mass is 32.1. The molecule has 0 saturated heterocycles. The van der Waals surface area contributed by atoms with E-state index in [1.807, 2.05) is 35.7 Å². The second-order valence-electron chi connectivity index (χ2n) is 5.15. The third-order valence-corrected chi connectivity index (χ3v) is 4.28. The molecule has 0 spiro atoms. The number of benzene rings is 2. The number of carbonyl (C=O) groups excluding carboxylic acids is 1. The van der Waals surface area contributed by atoms with Gasteiger partial charge >= 0.3 is 6.03 Å². The second kappa shape index (κ2) is 7.70. The summed E-state index contributed by atoms with van der Waals surface area (Å²) < 4.78 is 12.8. The summed E-state index contributed by atoms with van der Waals surface area (Å²) in [4.78, 5) is 16.4. The standard InChI is InChI=1S/C18H16FN3OS/c19-14-6-8-15(9-7-14)22-18(23)20-11-10-16-12-24-17(21-16)13-4-2-1-3-5-13/h1-9,12H,10-11H2,(H2,20,22,23). The molecule has 0 aliphatic rings. The Morgan fingerprint density at radius 2 is 1.83 bits per heavy atom. The molecule has 4 nitrogen and oxygen atoms in total. The number of halogens is 1.